The van der Waals surface area contributed by atoms with Crippen molar-refractivity contribution in [2.45, 2.75) is 6.61 Å². The molecule has 0 radical (unpaired) electrons. The minimum atomic E-state index is 0.591. The molecule has 0 saturated carbocycles. The van der Waals surface area contributed by atoms with E-state index >= 15 is 0 Å². The summed E-state index contributed by atoms with van der Waals surface area (Å²) >= 11 is 0. The Morgan fingerprint density at radius 2 is 2.25 bits per heavy atom. The van der Waals surface area contributed by atoms with Crippen LogP contribution in [0.15, 0.2) is 29.3 Å². The van der Waals surface area contributed by atoms with Crippen molar-refractivity contribution in [1.82, 2.24) is 0 Å². The van der Waals surface area contributed by atoms with E-state index in [1.54, 1.807) is 7.05 Å². The van der Waals surface area contributed by atoms with Gasteiger partial charge >= 0.3 is 0 Å². The van der Waals surface area contributed by atoms with Crippen LogP contribution in [0, 0.1) is 0 Å². The quantitative estimate of drug-likeness (QED) is 0.628. The fourth-order valence-electron chi connectivity index (χ4n) is 1.19. The molecule has 62 valence electrons. The van der Waals surface area contributed by atoms with Gasteiger partial charge in [0.15, 0.2) is 0 Å². The van der Waals surface area contributed by atoms with Gasteiger partial charge < -0.3 is 10.1 Å². The van der Waals surface area contributed by atoms with Crippen LogP contribution in [0.25, 0.3) is 0 Å². The number of hydrogen-bond acceptors (Lipinski definition) is 2. The number of benzene rings is 1. The van der Waals surface area contributed by atoms with Crippen LogP contribution in [0.5, 0.6) is 0 Å². The average Bonchev–Trinajstić information content (AvgIpc) is 2.17. The van der Waals surface area contributed by atoms with Crippen LogP contribution in [0.4, 0.5) is 5.69 Å². The van der Waals surface area contributed by atoms with Gasteiger partial charge in [-0.25, -0.2) is 4.99 Å². The van der Waals surface area contributed by atoms with E-state index < -0.39 is 0 Å². The predicted octanol–water partition coefficient (Wildman–Crippen LogP) is 1.61. The molecule has 3 nitrogen and oxygen atoms in total. The van der Waals surface area contributed by atoms with E-state index in [0.29, 0.717) is 12.6 Å². The molecular formula is C9H10N2O. The van der Waals surface area contributed by atoms with Gasteiger partial charge in [-0.3, -0.25) is 0 Å². The van der Waals surface area contributed by atoms with Crippen molar-refractivity contribution in [2.24, 2.45) is 4.99 Å². The summed E-state index contributed by atoms with van der Waals surface area (Å²) < 4.78 is 5.29. The summed E-state index contributed by atoms with van der Waals surface area (Å²) in [6.45, 7) is 0.607. The van der Waals surface area contributed by atoms with Crippen LogP contribution < -0.4 is 5.32 Å². The van der Waals surface area contributed by atoms with Crippen LogP contribution in [0.3, 0.4) is 0 Å². The largest absolute Gasteiger partial charge is 0.460 e. The second-order valence-corrected chi connectivity index (χ2v) is 2.60. The zero-order valence-corrected chi connectivity index (χ0v) is 6.87. The van der Waals surface area contributed by atoms with E-state index in [2.05, 4.69) is 10.3 Å². The van der Waals surface area contributed by atoms with E-state index in [0.717, 1.165) is 5.69 Å². The maximum absolute atomic E-state index is 5.29. The van der Waals surface area contributed by atoms with E-state index in [4.69, 9.17) is 4.74 Å². The maximum atomic E-state index is 5.29. The number of aliphatic imine (C=N–C) groups is 1. The summed E-state index contributed by atoms with van der Waals surface area (Å²) in [4.78, 5) is 3.93. The number of amidine groups is 1. The Hall–Kier alpha value is -1.51. The summed E-state index contributed by atoms with van der Waals surface area (Å²) in [6, 6.07) is 8.63. The van der Waals surface area contributed by atoms with Crippen molar-refractivity contribution in [2.75, 3.05) is 12.4 Å². The number of fused-ring (bicyclic) bond motifs is 1. The molecule has 0 amide bonds. The number of nitrogens with one attached hydrogen (secondary N) is 1. The molecule has 0 saturated heterocycles. The number of para-hydroxylation sites is 1. The Morgan fingerprint density at radius 3 is 3.08 bits per heavy atom. The number of nitrogens with zero attached hydrogens (tertiary/aromatic N) is 1. The molecule has 1 aliphatic heterocycles. The molecule has 0 unspecified atom stereocenters. The van der Waals surface area contributed by atoms with E-state index in [1.807, 2.05) is 24.3 Å². The smallest absolute Gasteiger partial charge is 0.289 e. The molecule has 1 aliphatic rings. The molecule has 0 spiro atoms. The summed E-state index contributed by atoms with van der Waals surface area (Å²) in [6.07, 6.45) is 0. The van der Waals surface area contributed by atoms with Crippen molar-refractivity contribution in [3.05, 3.63) is 29.8 Å². The van der Waals surface area contributed by atoms with Crippen LogP contribution in [-0.2, 0) is 11.3 Å². The Kier molecular flexibility index (Phi) is 1.70. The lowest BCUT2D eigenvalue weighted by molar-refractivity contribution is 0.285. The number of anilines is 1. The molecule has 0 fully saturated rings. The highest BCUT2D eigenvalue weighted by Crippen LogP contribution is 2.19. The van der Waals surface area contributed by atoms with Gasteiger partial charge in [0.25, 0.3) is 6.02 Å². The zero-order valence-electron chi connectivity index (χ0n) is 6.87. The summed E-state index contributed by atoms with van der Waals surface area (Å²) in [5.74, 6) is 0. The van der Waals surface area contributed by atoms with Gasteiger partial charge in [-0.1, -0.05) is 18.2 Å². The SMILES string of the molecule is CN=C1Nc2ccccc2CO1. The van der Waals surface area contributed by atoms with E-state index in [1.165, 1.54) is 5.56 Å². The van der Waals surface area contributed by atoms with Crippen molar-refractivity contribution in [3.8, 4) is 0 Å². The number of hydrogen-bond donors (Lipinski definition) is 1. The van der Waals surface area contributed by atoms with Crippen LogP contribution in [-0.4, -0.2) is 13.1 Å². The molecule has 0 aromatic heterocycles. The van der Waals surface area contributed by atoms with Gasteiger partial charge in [0.2, 0.25) is 0 Å². The lowest BCUT2D eigenvalue weighted by atomic mass is 10.2. The first-order valence-corrected chi connectivity index (χ1v) is 3.84. The van der Waals surface area contributed by atoms with Gasteiger partial charge in [0.05, 0.1) is 0 Å². The highest BCUT2D eigenvalue weighted by atomic mass is 16.5. The number of rotatable bonds is 0. The molecule has 0 bridgehead atoms. The fraction of sp³-hybridized carbons (Fsp3) is 0.222. The zero-order chi connectivity index (χ0) is 8.39. The van der Waals surface area contributed by atoms with Crippen molar-refractivity contribution in [3.63, 3.8) is 0 Å². The first-order chi connectivity index (χ1) is 5.90. The third kappa shape index (κ3) is 1.13. The molecule has 1 aromatic rings. The molecule has 1 aromatic carbocycles. The van der Waals surface area contributed by atoms with Crippen LogP contribution in [0.2, 0.25) is 0 Å². The number of ether oxygens (including phenoxy) is 1. The molecule has 1 N–H and O–H groups in total. The molecule has 0 aliphatic carbocycles. The van der Waals surface area contributed by atoms with Crippen molar-refractivity contribution in [1.29, 1.82) is 0 Å². The Labute approximate surface area is 71.1 Å². The Morgan fingerprint density at radius 1 is 1.42 bits per heavy atom. The predicted molar refractivity (Wildman–Crippen MR) is 48.2 cm³/mol. The highest BCUT2D eigenvalue weighted by molar-refractivity contribution is 5.91. The molecule has 12 heavy (non-hydrogen) atoms. The van der Waals surface area contributed by atoms with Gasteiger partial charge in [-0.2, -0.15) is 0 Å². The maximum Gasteiger partial charge on any atom is 0.289 e. The topological polar surface area (TPSA) is 33.6 Å². The summed E-state index contributed by atoms with van der Waals surface area (Å²) in [5.41, 5.74) is 2.26. The fourth-order valence-corrected chi connectivity index (χ4v) is 1.19. The minimum Gasteiger partial charge on any atom is -0.460 e. The molecule has 2 rings (SSSR count). The lowest BCUT2D eigenvalue weighted by Crippen LogP contribution is -2.21. The molecule has 1 heterocycles. The second kappa shape index (κ2) is 2.85. The monoisotopic (exact) mass is 162 g/mol. The molecule has 3 heteroatoms. The van der Waals surface area contributed by atoms with Crippen molar-refractivity contribution >= 4 is 11.7 Å². The van der Waals surface area contributed by atoms with Crippen LogP contribution in [0.1, 0.15) is 5.56 Å². The lowest BCUT2D eigenvalue weighted by Gasteiger charge is -2.19. The van der Waals surface area contributed by atoms with Crippen molar-refractivity contribution < 1.29 is 4.74 Å². The van der Waals surface area contributed by atoms with Gasteiger partial charge in [0.1, 0.15) is 6.61 Å². The van der Waals surface area contributed by atoms with Gasteiger partial charge in [0, 0.05) is 18.3 Å². The first-order valence-electron chi connectivity index (χ1n) is 3.84. The van der Waals surface area contributed by atoms with Crippen LogP contribution >= 0.6 is 0 Å². The summed E-state index contributed by atoms with van der Waals surface area (Å²) in [7, 11) is 1.70. The Bertz CT molecular complexity index is 320. The highest BCUT2D eigenvalue weighted by Gasteiger charge is 2.11. The van der Waals surface area contributed by atoms with Gasteiger partial charge in [-0.05, 0) is 6.07 Å². The first kappa shape index (κ1) is 7.16. The Balaban J connectivity index is 2.35. The van der Waals surface area contributed by atoms with E-state index in [9.17, 15) is 0 Å². The molecule has 0 atom stereocenters. The molecular weight excluding hydrogens is 152 g/mol. The van der Waals surface area contributed by atoms with E-state index in [-0.39, 0.29) is 0 Å². The van der Waals surface area contributed by atoms with Gasteiger partial charge in [-0.15, -0.1) is 0 Å². The normalized spacial score (nSPS) is 17.9. The standard InChI is InChI=1S/C9H10N2O/c1-10-9-11-8-5-3-2-4-7(8)6-12-9/h2-5H,6H2,1H3,(H,10,11). The second-order valence-electron chi connectivity index (χ2n) is 2.60. The summed E-state index contributed by atoms with van der Waals surface area (Å²) in [5, 5.41) is 3.07. The third-order valence-electron chi connectivity index (χ3n) is 1.83. The minimum absolute atomic E-state index is 0.591. The third-order valence-corrected chi connectivity index (χ3v) is 1.83. The average molecular weight is 162 g/mol.